The summed E-state index contributed by atoms with van der Waals surface area (Å²) in [5, 5.41) is 10.0. The second-order valence-electron chi connectivity index (χ2n) is 6.46. The summed E-state index contributed by atoms with van der Waals surface area (Å²) in [5.74, 6) is 0.305. The number of hydrogen-bond donors (Lipinski definition) is 2. The van der Waals surface area contributed by atoms with Crippen LogP contribution in [0.25, 0.3) is 11.4 Å². The molecule has 0 aliphatic rings. The largest absolute Gasteiger partial charge is 0.350 e. The number of aryl methyl sites for hydroxylation is 1. The Morgan fingerprint density at radius 1 is 1.22 bits per heavy atom. The third kappa shape index (κ3) is 4.68. The lowest BCUT2D eigenvalue weighted by molar-refractivity contribution is -0.121. The number of carbonyl (C=O) groups is 1. The molecule has 1 amide bonds. The minimum Gasteiger partial charge on any atom is -0.350 e. The summed E-state index contributed by atoms with van der Waals surface area (Å²) < 4.78 is 15.3. The maximum atomic E-state index is 13.0. The van der Waals surface area contributed by atoms with Crippen LogP contribution < -0.4 is 5.32 Å². The minimum absolute atomic E-state index is 0.107. The van der Waals surface area contributed by atoms with E-state index in [0.29, 0.717) is 17.1 Å². The molecule has 27 heavy (non-hydrogen) atoms. The van der Waals surface area contributed by atoms with Crippen molar-refractivity contribution in [3.8, 4) is 11.4 Å². The first-order chi connectivity index (χ1) is 12.9. The molecule has 0 saturated carbocycles. The zero-order valence-corrected chi connectivity index (χ0v) is 16.0. The van der Waals surface area contributed by atoms with Crippen molar-refractivity contribution in [2.75, 3.05) is 0 Å². The van der Waals surface area contributed by atoms with Crippen LogP contribution in [0.5, 0.6) is 0 Å². The molecule has 5 nitrogen and oxygen atoms in total. The Bertz CT molecular complexity index is 976. The molecule has 0 spiro atoms. The van der Waals surface area contributed by atoms with Crippen LogP contribution in [-0.2, 0) is 11.3 Å². The minimum atomic E-state index is -0.296. The topological polar surface area (TPSA) is 62.7 Å². The van der Waals surface area contributed by atoms with Gasteiger partial charge in [-0.05, 0) is 43.8 Å². The third-order valence-corrected chi connectivity index (χ3v) is 4.69. The molecule has 1 unspecified atom stereocenters. The Balaban J connectivity index is 1.65. The maximum Gasteiger partial charge on any atom is 0.222 e. The summed E-state index contributed by atoms with van der Waals surface area (Å²) in [7, 11) is 0. The second-order valence-corrected chi connectivity index (χ2v) is 6.85. The fraction of sp³-hybridized carbons (Fsp3) is 0.250. The molecule has 3 aromatic rings. The van der Waals surface area contributed by atoms with Crippen LogP contribution in [-0.4, -0.2) is 20.7 Å². The molecule has 7 heteroatoms. The molecule has 140 valence electrons. The summed E-state index contributed by atoms with van der Waals surface area (Å²) in [5.41, 5.74) is 2.95. The van der Waals surface area contributed by atoms with Gasteiger partial charge in [-0.1, -0.05) is 42.0 Å². The van der Waals surface area contributed by atoms with Crippen LogP contribution in [0.2, 0.25) is 0 Å². The molecule has 1 heterocycles. The quantitative estimate of drug-likeness (QED) is 0.622. The zero-order chi connectivity index (χ0) is 19.4. The van der Waals surface area contributed by atoms with E-state index in [1.807, 2.05) is 42.7 Å². The molecule has 0 bridgehead atoms. The fourth-order valence-corrected chi connectivity index (χ4v) is 3.03. The predicted molar refractivity (Wildman–Crippen MR) is 105 cm³/mol. The van der Waals surface area contributed by atoms with Gasteiger partial charge in [0.1, 0.15) is 5.82 Å². The monoisotopic (exact) mass is 384 g/mol. The Hall–Kier alpha value is -2.80. The lowest BCUT2D eigenvalue weighted by atomic mass is 10.1. The Labute approximate surface area is 162 Å². The van der Waals surface area contributed by atoms with E-state index in [2.05, 4.69) is 15.5 Å². The van der Waals surface area contributed by atoms with E-state index in [1.165, 1.54) is 12.1 Å². The van der Waals surface area contributed by atoms with E-state index in [-0.39, 0.29) is 24.2 Å². The lowest BCUT2D eigenvalue weighted by Crippen LogP contribution is -2.27. The van der Waals surface area contributed by atoms with Crippen molar-refractivity contribution < 1.29 is 9.18 Å². The van der Waals surface area contributed by atoms with Gasteiger partial charge in [0.05, 0.1) is 6.04 Å². The van der Waals surface area contributed by atoms with Crippen LogP contribution in [0.4, 0.5) is 4.39 Å². The molecule has 3 rings (SSSR count). The van der Waals surface area contributed by atoms with E-state index in [0.717, 1.165) is 16.7 Å². The van der Waals surface area contributed by atoms with E-state index in [1.54, 1.807) is 12.1 Å². The lowest BCUT2D eigenvalue weighted by Gasteiger charge is -2.15. The summed E-state index contributed by atoms with van der Waals surface area (Å²) in [6.07, 6.45) is 0.262. The molecule has 1 atom stereocenters. The second kappa shape index (κ2) is 8.26. The number of H-pyrrole nitrogens is 1. The van der Waals surface area contributed by atoms with Crippen LogP contribution in [0.3, 0.4) is 0 Å². The average molecular weight is 384 g/mol. The highest BCUT2D eigenvalue weighted by molar-refractivity contribution is 7.71. The summed E-state index contributed by atoms with van der Waals surface area (Å²) in [4.78, 5) is 12.3. The van der Waals surface area contributed by atoms with Gasteiger partial charge in [-0.25, -0.2) is 4.39 Å². The van der Waals surface area contributed by atoms with Gasteiger partial charge in [-0.3, -0.25) is 14.5 Å². The molecule has 0 saturated heterocycles. The summed E-state index contributed by atoms with van der Waals surface area (Å²) in [6, 6.07) is 13.9. The summed E-state index contributed by atoms with van der Waals surface area (Å²) >= 11 is 5.30. The number of carbonyl (C=O) groups excluding carboxylic acids is 1. The van der Waals surface area contributed by atoms with Crippen LogP contribution in [0, 0.1) is 17.5 Å². The van der Waals surface area contributed by atoms with Crippen molar-refractivity contribution in [1.82, 2.24) is 20.1 Å². The van der Waals surface area contributed by atoms with Crippen molar-refractivity contribution in [3.63, 3.8) is 0 Å². The smallest absolute Gasteiger partial charge is 0.222 e. The number of nitrogens with one attached hydrogen (secondary N) is 2. The normalized spacial score (nSPS) is 12.0. The van der Waals surface area contributed by atoms with Gasteiger partial charge in [-0.2, -0.15) is 5.10 Å². The van der Waals surface area contributed by atoms with Crippen LogP contribution in [0.15, 0.2) is 48.5 Å². The first-order valence-electron chi connectivity index (χ1n) is 8.71. The summed E-state index contributed by atoms with van der Waals surface area (Å²) in [6.45, 7) is 4.31. The number of aromatic nitrogens is 3. The molecule has 1 aromatic heterocycles. The standard InChI is InChI=1S/C20H21FN4OS/c1-13-3-5-16(6-4-13)19-23-24-20(27)25(19)12-11-18(26)22-14(2)15-7-9-17(21)10-8-15/h3-10,14H,11-12H2,1-2H3,(H,22,26)(H,24,27). The first kappa shape index (κ1) is 19.0. The predicted octanol–water partition coefficient (Wildman–Crippen LogP) is 4.32. The average Bonchev–Trinajstić information content (AvgIpc) is 3.01. The van der Waals surface area contributed by atoms with Gasteiger partial charge in [-0.15, -0.1) is 0 Å². The molecule has 0 radical (unpaired) electrons. The third-order valence-electron chi connectivity index (χ3n) is 4.38. The van der Waals surface area contributed by atoms with Gasteiger partial charge >= 0.3 is 0 Å². The molecule has 2 N–H and O–H groups in total. The zero-order valence-electron chi connectivity index (χ0n) is 15.2. The first-order valence-corrected chi connectivity index (χ1v) is 9.12. The van der Waals surface area contributed by atoms with Crippen molar-refractivity contribution in [2.45, 2.75) is 32.9 Å². The van der Waals surface area contributed by atoms with Gasteiger partial charge in [0, 0.05) is 18.5 Å². The Morgan fingerprint density at radius 2 is 1.89 bits per heavy atom. The van der Waals surface area contributed by atoms with Crippen molar-refractivity contribution in [1.29, 1.82) is 0 Å². The highest BCUT2D eigenvalue weighted by Crippen LogP contribution is 2.18. The molecular weight excluding hydrogens is 363 g/mol. The number of hydrogen-bond acceptors (Lipinski definition) is 3. The fourth-order valence-electron chi connectivity index (χ4n) is 2.81. The molecule has 0 aliphatic heterocycles. The van der Waals surface area contributed by atoms with Crippen molar-refractivity contribution in [2.24, 2.45) is 0 Å². The number of rotatable bonds is 6. The van der Waals surface area contributed by atoms with Crippen LogP contribution in [0.1, 0.15) is 30.5 Å². The number of amides is 1. The highest BCUT2D eigenvalue weighted by Gasteiger charge is 2.13. The highest BCUT2D eigenvalue weighted by atomic mass is 32.1. The van der Waals surface area contributed by atoms with E-state index in [4.69, 9.17) is 12.2 Å². The molecule has 2 aromatic carbocycles. The Morgan fingerprint density at radius 3 is 2.56 bits per heavy atom. The van der Waals surface area contributed by atoms with Gasteiger partial charge in [0.25, 0.3) is 0 Å². The SMILES string of the molecule is Cc1ccc(-c2n[nH]c(=S)n2CCC(=O)NC(C)c2ccc(F)cc2)cc1. The van der Waals surface area contributed by atoms with E-state index < -0.39 is 0 Å². The Kier molecular flexibility index (Phi) is 5.81. The van der Waals surface area contributed by atoms with Gasteiger partial charge in [0.2, 0.25) is 5.91 Å². The number of nitrogens with zero attached hydrogens (tertiary/aromatic N) is 2. The number of aromatic amines is 1. The molecular formula is C20H21FN4OS. The maximum absolute atomic E-state index is 13.0. The van der Waals surface area contributed by atoms with Gasteiger partial charge in [0.15, 0.2) is 10.6 Å². The van der Waals surface area contributed by atoms with Crippen molar-refractivity contribution >= 4 is 18.1 Å². The number of halogens is 1. The van der Waals surface area contributed by atoms with E-state index >= 15 is 0 Å². The van der Waals surface area contributed by atoms with E-state index in [9.17, 15) is 9.18 Å². The van der Waals surface area contributed by atoms with Gasteiger partial charge < -0.3 is 5.32 Å². The van der Waals surface area contributed by atoms with Crippen molar-refractivity contribution in [3.05, 3.63) is 70.2 Å². The molecule has 0 fully saturated rings. The van der Waals surface area contributed by atoms with Crippen LogP contribution >= 0.6 is 12.2 Å². The number of benzene rings is 2. The molecule has 0 aliphatic carbocycles.